The maximum Gasteiger partial charge on any atom is 0.337 e. The van der Waals surface area contributed by atoms with E-state index in [2.05, 4.69) is 5.32 Å². The summed E-state index contributed by atoms with van der Waals surface area (Å²) in [4.78, 5) is 41.4. The van der Waals surface area contributed by atoms with Crippen LogP contribution in [0.2, 0.25) is 0 Å². The van der Waals surface area contributed by atoms with Crippen molar-refractivity contribution in [3.8, 4) is 17.2 Å². The molecule has 1 aromatic heterocycles. The summed E-state index contributed by atoms with van der Waals surface area (Å²) in [5.41, 5.74) is 1.09. The van der Waals surface area contributed by atoms with Crippen molar-refractivity contribution >= 4 is 23.5 Å². The van der Waals surface area contributed by atoms with E-state index in [1.54, 1.807) is 30.3 Å². The van der Waals surface area contributed by atoms with Gasteiger partial charge in [-0.25, -0.2) is 4.79 Å². The second-order valence-electron chi connectivity index (χ2n) is 9.04. The van der Waals surface area contributed by atoms with Gasteiger partial charge in [0.05, 0.1) is 40.3 Å². The zero-order chi connectivity index (χ0) is 27.9. The minimum atomic E-state index is -1.15. The second-order valence-corrected chi connectivity index (χ2v) is 9.04. The third-order valence-electron chi connectivity index (χ3n) is 6.73. The van der Waals surface area contributed by atoms with E-state index in [0.29, 0.717) is 34.1 Å². The number of anilines is 1. The molecule has 1 heterocycles. The van der Waals surface area contributed by atoms with Crippen LogP contribution in [0.25, 0.3) is 0 Å². The molecule has 10 heteroatoms. The Morgan fingerprint density at radius 1 is 0.923 bits per heavy atom. The third kappa shape index (κ3) is 5.84. The maximum absolute atomic E-state index is 14.0. The van der Waals surface area contributed by atoms with Gasteiger partial charge < -0.3 is 28.7 Å². The fraction of sp³-hybridized carbons (Fsp3) is 0.345. The van der Waals surface area contributed by atoms with E-state index in [0.717, 1.165) is 25.7 Å². The van der Waals surface area contributed by atoms with Crippen LogP contribution in [-0.4, -0.2) is 52.3 Å². The molecule has 1 atom stereocenters. The molecule has 1 saturated carbocycles. The summed E-state index contributed by atoms with van der Waals surface area (Å²) in [6, 6.07) is 11.5. The van der Waals surface area contributed by atoms with Crippen molar-refractivity contribution in [2.75, 3.05) is 33.3 Å². The monoisotopic (exact) mass is 536 g/mol. The number of ether oxygens (including phenoxy) is 4. The number of benzene rings is 2. The highest BCUT2D eigenvalue weighted by Crippen LogP contribution is 2.42. The molecule has 0 saturated heterocycles. The van der Waals surface area contributed by atoms with Crippen LogP contribution >= 0.6 is 0 Å². The lowest BCUT2D eigenvalue weighted by Crippen LogP contribution is -2.46. The molecule has 0 spiro atoms. The van der Waals surface area contributed by atoms with Gasteiger partial charge in [0.25, 0.3) is 5.91 Å². The summed E-state index contributed by atoms with van der Waals surface area (Å²) in [6.45, 7) is 0. The highest BCUT2D eigenvalue weighted by atomic mass is 16.5. The lowest BCUT2D eigenvalue weighted by atomic mass is 10.00. The van der Waals surface area contributed by atoms with E-state index >= 15 is 0 Å². The molecule has 39 heavy (non-hydrogen) atoms. The van der Waals surface area contributed by atoms with Crippen LogP contribution in [0.15, 0.2) is 59.2 Å². The van der Waals surface area contributed by atoms with Crippen LogP contribution in [0.1, 0.15) is 58.2 Å². The molecule has 3 aromatic rings. The number of rotatable bonds is 10. The van der Waals surface area contributed by atoms with Crippen molar-refractivity contribution in [2.45, 2.75) is 37.8 Å². The van der Waals surface area contributed by atoms with Crippen LogP contribution in [0, 0.1) is 0 Å². The fourth-order valence-corrected chi connectivity index (χ4v) is 4.81. The number of nitrogens with one attached hydrogen (secondary N) is 1. The summed E-state index contributed by atoms with van der Waals surface area (Å²) in [5.74, 6) is -0.401. The number of hydrogen-bond acceptors (Lipinski definition) is 8. The molecule has 1 fully saturated rings. The van der Waals surface area contributed by atoms with E-state index < -0.39 is 17.9 Å². The predicted molar refractivity (Wildman–Crippen MR) is 143 cm³/mol. The average molecular weight is 537 g/mol. The van der Waals surface area contributed by atoms with Crippen LogP contribution in [-0.2, 0) is 9.53 Å². The first-order valence-corrected chi connectivity index (χ1v) is 12.6. The molecule has 1 N–H and O–H groups in total. The van der Waals surface area contributed by atoms with Gasteiger partial charge >= 0.3 is 5.97 Å². The van der Waals surface area contributed by atoms with Crippen LogP contribution in [0.5, 0.6) is 17.2 Å². The molecular formula is C29H32N2O8. The van der Waals surface area contributed by atoms with Crippen molar-refractivity contribution < 1.29 is 37.7 Å². The van der Waals surface area contributed by atoms with Crippen molar-refractivity contribution in [2.24, 2.45) is 0 Å². The minimum Gasteiger partial charge on any atom is -0.493 e. The summed E-state index contributed by atoms with van der Waals surface area (Å²) in [6.07, 6.45) is 5.13. The number of amides is 2. The van der Waals surface area contributed by atoms with Gasteiger partial charge in [0.1, 0.15) is 6.04 Å². The fourth-order valence-electron chi connectivity index (χ4n) is 4.81. The average Bonchev–Trinajstić information content (AvgIpc) is 3.69. The van der Waals surface area contributed by atoms with E-state index in [9.17, 15) is 14.4 Å². The van der Waals surface area contributed by atoms with Crippen LogP contribution in [0.4, 0.5) is 5.69 Å². The largest absolute Gasteiger partial charge is 0.493 e. The molecule has 1 aliphatic carbocycles. The molecule has 2 amide bonds. The van der Waals surface area contributed by atoms with Gasteiger partial charge in [-0.3, -0.25) is 14.5 Å². The number of nitrogens with zero attached hydrogens (tertiary/aromatic N) is 1. The zero-order valence-corrected chi connectivity index (χ0v) is 22.4. The lowest BCUT2D eigenvalue weighted by Gasteiger charge is -2.32. The van der Waals surface area contributed by atoms with Gasteiger partial charge in [0.15, 0.2) is 17.3 Å². The maximum atomic E-state index is 14.0. The first-order chi connectivity index (χ1) is 18.9. The predicted octanol–water partition coefficient (Wildman–Crippen LogP) is 4.54. The van der Waals surface area contributed by atoms with Gasteiger partial charge in [0, 0.05) is 11.7 Å². The van der Waals surface area contributed by atoms with Gasteiger partial charge in [-0.2, -0.15) is 0 Å². The third-order valence-corrected chi connectivity index (χ3v) is 6.73. The molecule has 4 rings (SSSR count). The Morgan fingerprint density at radius 3 is 2.08 bits per heavy atom. The Bertz CT molecular complexity index is 1270. The standard InChI is InChI=1S/C29H32N2O8/c1-35-23-16-19(17-24(36-2)26(23)37-3)25(27(32)30-20-8-5-6-9-20)31(28(33)22-10-7-15-39-22)21-13-11-18(12-14-21)29(34)38-4/h7,10-17,20,25H,5-6,8-9H2,1-4H3,(H,30,32)/t25-/m0/s1. The Balaban J connectivity index is 1.90. The van der Waals surface area contributed by atoms with Gasteiger partial charge in [-0.1, -0.05) is 12.8 Å². The van der Waals surface area contributed by atoms with E-state index in [-0.39, 0.29) is 17.7 Å². The Morgan fingerprint density at radius 2 is 1.56 bits per heavy atom. The minimum absolute atomic E-state index is 0.00990. The number of hydrogen-bond donors (Lipinski definition) is 1. The van der Waals surface area contributed by atoms with E-state index in [4.69, 9.17) is 23.4 Å². The first-order valence-electron chi connectivity index (χ1n) is 12.6. The molecule has 0 bridgehead atoms. The zero-order valence-electron chi connectivity index (χ0n) is 22.4. The molecular weight excluding hydrogens is 504 g/mol. The highest BCUT2D eigenvalue weighted by Gasteiger charge is 2.37. The van der Waals surface area contributed by atoms with Gasteiger partial charge in [-0.05, 0) is 66.9 Å². The Kier molecular flexibility index (Phi) is 8.75. The SMILES string of the molecule is COC(=O)c1ccc(N(C(=O)c2ccco2)[C@H](C(=O)NC2CCCC2)c2cc(OC)c(OC)c(OC)c2)cc1. The smallest absolute Gasteiger partial charge is 0.337 e. The van der Waals surface area contributed by atoms with E-state index in [1.807, 2.05) is 0 Å². The van der Waals surface area contributed by atoms with Crippen LogP contribution in [0.3, 0.4) is 0 Å². The molecule has 0 radical (unpaired) electrons. The summed E-state index contributed by atoms with van der Waals surface area (Å²) < 4.78 is 26.8. The van der Waals surface area contributed by atoms with Crippen molar-refractivity contribution in [1.29, 1.82) is 0 Å². The summed E-state index contributed by atoms with van der Waals surface area (Å²) in [5, 5.41) is 3.12. The van der Waals surface area contributed by atoms with E-state index in [1.165, 1.54) is 57.8 Å². The molecule has 0 unspecified atom stereocenters. The number of carbonyl (C=O) groups excluding carboxylic acids is 3. The van der Waals surface area contributed by atoms with Gasteiger partial charge in [-0.15, -0.1) is 0 Å². The topological polar surface area (TPSA) is 117 Å². The molecule has 10 nitrogen and oxygen atoms in total. The van der Waals surface area contributed by atoms with Crippen LogP contribution < -0.4 is 24.4 Å². The molecule has 0 aliphatic heterocycles. The second kappa shape index (κ2) is 12.4. The Hall–Kier alpha value is -4.47. The molecule has 206 valence electrons. The Labute approximate surface area is 226 Å². The highest BCUT2D eigenvalue weighted by molar-refractivity contribution is 6.09. The van der Waals surface area contributed by atoms with Crippen molar-refractivity contribution in [1.82, 2.24) is 5.32 Å². The normalized spacial score (nSPS) is 13.8. The van der Waals surface area contributed by atoms with Gasteiger partial charge in [0.2, 0.25) is 11.7 Å². The molecule has 2 aromatic carbocycles. The lowest BCUT2D eigenvalue weighted by molar-refractivity contribution is -0.123. The number of esters is 1. The number of carbonyl (C=O) groups is 3. The number of methoxy groups -OCH3 is 4. The molecule has 1 aliphatic rings. The van der Waals surface area contributed by atoms with Crippen molar-refractivity contribution in [3.05, 3.63) is 71.7 Å². The summed E-state index contributed by atoms with van der Waals surface area (Å²) >= 11 is 0. The first kappa shape index (κ1) is 27.6. The number of furan rings is 1. The quantitative estimate of drug-likeness (QED) is 0.376. The summed E-state index contributed by atoms with van der Waals surface area (Å²) in [7, 11) is 5.73. The van der Waals surface area contributed by atoms with Crippen molar-refractivity contribution in [3.63, 3.8) is 0 Å².